The summed E-state index contributed by atoms with van der Waals surface area (Å²) >= 11 is 0. The van der Waals surface area contributed by atoms with Gasteiger partial charge in [-0.3, -0.25) is 5.32 Å². The molecule has 138 valence electrons. The number of hydrogen-bond acceptors (Lipinski definition) is 6. The third kappa shape index (κ3) is 7.56. The highest BCUT2D eigenvalue weighted by molar-refractivity contribution is 5.92. The number of nitrogens with one attached hydrogen (secondary N) is 1. The SMILES string of the molecule is CC(C)(C)OC(=O)Nc1ccc(C(=O)O)cc1OC(=O)OC(C)(C)C. The first-order valence-electron chi connectivity index (χ1n) is 7.55. The fourth-order valence-electron chi connectivity index (χ4n) is 1.62. The lowest BCUT2D eigenvalue weighted by Crippen LogP contribution is -2.28. The van der Waals surface area contributed by atoms with Crippen LogP contribution in [-0.4, -0.2) is 34.5 Å². The Balaban J connectivity index is 3.05. The number of amides is 1. The third-order valence-electron chi connectivity index (χ3n) is 2.45. The van der Waals surface area contributed by atoms with Crippen molar-refractivity contribution in [3.63, 3.8) is 0 Å². The molecule has 0 unspecified atom stereocenters. The van der Waals surface area contributed by atoms with Crippen LogP contribution in [0.25, 0.3) is 0 Å². The molecule has 0 aliphatic carbocycles. The molecule has 0 bridgehead atoms. The lowest BCUT2D eigenvalue weighted by atomic mass is 10.2. The average molecular weight is 353 g/mol. The number of carbonyl (C=O) groups is 3. The van der Waals surface area contributed by atoms with Crippen LogP contribution in [0.3, 0.4) is 0 Å². The number of benzene rings is 1. The molecule has 0 saturated carbocycles. The number of carboxylic acid groups (broad SMARTS) is 1. The minimum Gasteiger partial charge on any atom is -0.478 e. The van der Waals surface area contributed by atoms with E-state index < -0.39 is 29.4 Å². The average Bonchev–Trinajstić information content (AvgIpc) is 2.35. The fourth-order valence-corrected chi connectivity index (χ4v) is 1.62. The predicted molar refractivity (Wildman–Crippen MR) is 90.1 cm³/mol. The van der Waals surface area contributed by atoms with Crippen LogP contribution in [0.15, 0.2) is 18.2 Å². The van der Waals surface area contributed by atoms with E-state index in [0.29, 0.717) is 0 Å². The normalized spacial score (nSPS) is 11.4. The van der Waals surface area contributed by atoms with E-state index in [1.165, 1.54) is 12.1 Å². The van der Waals surface area contributed by atoms with Crippen LogP contribution in [0.1, 0.15) is 51.9 Å². The van der Waals surface area contributed by atoms with Gasteiger partial charge < -0.3 is 19.3 Å². The highest BCUT2D eigenvalue weighted by Gasteiger charge is 2.22. The van der Waals surface area contributed by atoms with Crippen molar-refractivity contribution in [3.8, 4) is 5.75 Å². The number of anilines is 1. The van der Waals surface area contributed by atoms with Gasteiger partial charge in [0.15, 0.2) is 5.75 Å². The smallest absolute Gasteiger partial charge is 0.478 e. The third-order valence-corrected chi connectivity index (χ3v) is 2.45. The van der Waals surface area contributed by atoms with E-state index >= 15 is 0 Å². The Kier molecular flexibility index (Phi) is 6.01. The number of rotatable bonds is 3. The van der Waals surface area contributed by atoms with Gasteiger partial charge in [-0.1, -0.05) is 0 Å². The van der Waals surface area contributed by atoms with Crippen molar-refractivity contribution in [2.75, 3.05) is 5.32 Å². The minimum atomic E-state index is -1.21. The van der Waals surface area contributed by atoms with Crippen molar-refractivity contribution >= 4 is 23.9 Å². The van der Waals surface area contributed by atoms with E-state index in [-0.39, 0.29) is 17.0 Å². The van der Waals surface area contributed by atoms with Gasteiger partial charge in [0.25, 0.3) is 0 Å². The number of carboxylic acids is 1. The van der Waals surface area contributed by atoms with Crippen molar-refractivity contribution in [2.45, 2.75) is 52.7 Å². The maximum atomic E-state index is 11.9. The monoisotopic (exact) mass is 353 g/mol. The number of ether oxygens (including phenoxy) is 3. The lowest BCUT2D eigenvalue weighted by Gasteiger charge is -2.21. The van der Waals surface area contributed by atoms with Gasteiger partial charge in [0.1, 0.15) is 11.2 Å². The molecule has 0 radical (unpaired) electrons. The first kappa shape index (κ1) is 20.3. The van der Waals surface area contributed by atoms with Crippen LogP contribution in [0.2, 0.25) is 0 Å². The Morgan fingerprint density at radius 1 is 0.960 bits per heavy atom. The molecule has 0 fully saturated rings. The predicted octanol–water partition coefficient (Wildman–Crippen LogP) is 4.05. The van der Waals surface area contributed by atoms with Gasteiger partial charge in [-0.15, -0.1) is 0 Å². The standard InChI is InChI=1S/C17H23NO7/c1-16(2,3)24-14(21)18-11-8-7-10(13(19)20)9-12(11)23-15(22)25-17(4,5)6/h7-9H,1-6H3,(H,18,21)(H,19,20). The van der Waals surface area contributed by atoms with Crippen molar-refractivity contribution < 1.29 is 33.7 Å². The molecule has 0 heterocycles. The summed E-state index contributed by atoms with van der Waals surface area (Å²) in [6.45, 7) is 10.0. The van der Waals surface area contributed by atoms with Gasteiger partial charge in [-0.05, 0) is 59.7 Å². The van der Waals surface area contributed by atoms with E-state index in [1.54, 1.807) is 41.5 Å². The summed E-state index contributed by atoms with van der Waals surface area (Å²) in [4.78, 5) is 34.8. The molecule has 8 heteroatoms. The van der Waals surface area contributed by atoms with E-state index in [1.807, 2.05) is 0 Å². The molecule has 1 aromatic carbocycles. The zero-order valence-corrected chi connectivity index (χ0v) is 15.1. The number of carbonyl (C=O) groups excluding carboxylic acids is 2. The second-order valence-electron chi connectivity index (χ2n) is 7.21. The van der Waals surface area contributed by atoms with Gasteiger partial charge in [0.05, 0.1) is 11.3 Å². The summed E-state index contributed by atoms with van der Waals surface area (Å²) < 4.78 is 15.2. The summed E-state index contributed by atoms with van der Waals surface area (Å²) in [6.07, 6.45) is -1.80. The van der Waals surface area contributed by atoms with Crippen LogP contribution in [0.5, 0.6) is 5.75 Å². The molecular formula is C17H23NO7. The quantitative estimate of drug-likeness (QED) is 0.623. The fraction of sp³-hybridized carbons (Fsp3) is 0.471. The second-order valence-corrected chi connectivity index (χ2v) is 7.21. The molecule has 2 N–H and O–H groups in total. The van der Waals surface area contributed by atoms with Gasteiger partial charge in [-0.25, -0.2) is 14.4 Å². The Morgan fingerprint density at radius 2 is 1.52 bits per heavy atom. The van der Waals surface area contributed by atoms with Crippen molar-refractivity contribution in [3.05, 3.63) is 23.8 Å². The Hall–Kier alpha value is -2.77. The lowest BCUT2D eigenvalue weighted by molar-refractivity contribution is 0.0205. The van der Waals surface area contributed by atoms with Crippen LogP contribution >= 0.6 is 0 Å². The van der Waals surface area contributed by atoms with Crippen LogP contribution < -0.4 is 10.1 Å². The molecule has 8 nitrogen and oxygen atoms in total. The van der Waals surface area contributed by atoms with Crippen molar-refractivity contribution in [1.29, 1.82) is 0 Å². The number of hydrogen-bond donors (Lipinski definition) is 2. The van der Waals surface area contributed by atoms with Crippen molar-refractivity contribution in [1.82, 2.24) is 0 Å². The summed E-state index contributed by atoms with van der Waals surface area (Å²) in [5, 5.41) is 11.5. The molecule has 1 aromatic rings. The molecule has 1 rings (SSSR count). The van der Waals surface area contributed by atoms with Gasteiger partial charge in [0, 0.05) is 0 Å². The Morgan fingerprint density at radius 3 is 2.00 bits per heavy atom. The van der Waals surface area contributed by atoms with Crippen LogP contribution in [0, 0.1) is 0 Å². The second kappa shape index (κ2) is 7.42. The molecule has 0 aromatic heterocycles. The van der Waals surface area contributed by atoms with E-state index in [4.69, 9.17) is 19.3 Å². The highest BCUT2D eigenvalue weighted by atomic mass is 16.7. The maximum Gasteiger partial charge on any atom is 0.514 e. The molecule has 0 saturated heterocycles. The molecule has 25 heavy (non-hydrogen) atoms. The Bertz CT molecular complexity index is 669. The Labute approximate surface area is 146 Å². The minimum absolute atomic E-state index is 0.0742. The summed E-state index contributed by atoms with van der Waals surface area (Å²) in [7, 11) is 0. The van der Waals surface area contributed by atoms with Crippen LogP contribution in [-0.2, 0) is 9.47 Å². The first-order chi connectivity index (χ1) is 11.3. The van der Waals surface area contributed by atoms with E-state index in [0.717, 1.165) is 6.07 Å². The first-order valence-corrected chi connectivity index (χ1v) is 7.55. The maximum absolute atomic E-state index is 11.9. The largest absolute Gasteiger partial charge is 0.514 e. The van der Waals surface area contributed by atoms with Gasteiger partial charge in [0.2, 0.25) is 0 Å². The molecular weight excluding hydrogens is 330 g/mol. The van der Waals surface area contributed by atoms with Crippen molar-refractivity contribution in [2.24, 2.45) is 0 Å². The van der Waals surface area contributed by atoms with Gasteiger partial charge >= 0.3 is 18.2 Å². The number of aromatic carboxylic acids is 1. The molecule has 0 aliphatic heterocycles. The summed E-state index contributed by atoms with van der Waals surface area (Å²) in [5.74, 6) is -1.38. The zero-order valence-electron chi connectivity index (χ0n) is 15.1. The van der Waals surface area contributed by atoms with E-state index in [2.05, 4.69) is 5.32 Å². The van der Waals surface area contributed by atoms with Crippen LogP contribution in [0.4, 0.5) is 15.3 Å². The highest BCUT2D eigenvalue weighted by Crippen LogP contribution is 2.28. The molecule has 0 atom stereocenters. The summed E-state index contributed by atoms with van der Waals surface area (Å²) in [5.41, 5.74) is -1.56. The molecule has 0 aliphatic rings. The zero-order chi connectivity index (χ0) is 19.4. The topological polar surface area (TPSA) is 111 Å². The molecule has 0 spiro atoms. The molecule has 1 amide bonds. The van der Waals surface area contributed by atoms with Gasteiger partial charge in [-0.2, -0.15) is 0 Å². The van der Waals surface area contributed by atoms with E-state index in [9.17, 15) is 14.4 Å². The summed E-state index contributed by atoms with van der Waals surface area (Å²) in [6, 6.07) is 3.67.